The zero-order chi connectivity index (χ0) is 76.6. The molecule has 0 saturated heterocycles. The van der Waals surface area contributed by atoms with Crippen LogP contribution in [0.3, 0.4) is 0 Å². The fraction of sp³-hybridized carbons (Fsp3) is 0.353. The molecule has 2 aromatic rings. The van der Waals surface area contributed by atoms with Gasteiger partial charge in [0, 0.05) is 118 Å². The van der Waals surface area contributed by atoms with Crippen molar-refractivity contribution in [2.24, 2.45) is 52.8 Å². The van der Waals surface area contributed by atoms with E-state index in [4.69, 9.17) is 14.2 Å². The van der Waals surface area contributed by atoms with Crippen LogP contribution in [0.25, 0.3) is 0 Å². The van der Waals surface area contributed by atoms with E-state index >= 15 is 26.3 Å². The summed E-state index contributed by atoms with van der Waals surface area (Å²) in [5.74, 6) is -2.12. The first-order valence-corrected chi connectivity index (χ1v) is 41.7. The van der Waals surface area contributed by atoms with Gasteiger partial charge in [0.15, 0.2) is 0 Å². The summed E-state index contributed by atoms with van der Waals surface area (Å²) in [5, 5.41) is 0. The Morgan fingerprint density at radius 3 is 2.21 bits per heavy atom. The van der Waals surface area contributed by atoms with Gasteiger partial charge in [0.2, 0.25) is 0 Å². The average molecular weight is 1510 g/mol. The van der Waals surface area contributed by atoms with Crippen LogP contribution in [0.15, 0.2) is 370 Å². The van der Waals surface area contributed by atoms with Gasteiger partial charge < -0.3 is 24.0 Å². The van der Waals surface area contributed by atoms with Gasteiger partial charge in [0.05, 0.1) is 29.9 Å². The maximum Gasteiger partial charge on any atom is 0.129 e. The van der Waals surface area contributed by atoms with Gasteiger partial charge in [-0.2, -0.15) is 0 Å². The highest BCUT2D eigenvalue weighted by molar-refractivity contribution is 5.65. The van der Waals surface area contributed by atoms with E-state index in [1.165, 1.54) is 29.4 Å². The van der Waals surface area contributed by atoms with Crippen molar-refractivity contribution in [1.29, 1.82) is 0 Å². The molecule has 0 fully saturated rings. The minimum absolute atomic E-state index is 0.0550. The number of benzene rings is 2. The van der Waals surface area contributed by atoms with Crippen LogP contribution in [0.2, 0.25) is 0 Å². The SMILES string of the molecule is C=CC1=CC=C(OC2C=CC(C3(C4=C(F)CCC=C4F)C4=C(C=CC(C5=CC(N(C6=CC7=C(CC6)OC6CCC(N(C8=CC(C9=CC%10C(C=C9)c9ccccc9C%10(C9=CCC(OC%10CC=C(C=C)CC%10)C=C9)C9C(F)=CC=CC9F)CC=C8)C8=CC=C(F)CC8)=CC76)c6ccc(F)cc6)CC=C5)C4)C4C=CC=CC43)CC2)CC1. The highest BCUT2D eigenvalue weighted by Crippen LogP contribution is 2.69. The molecule has 2 aromatic carbocycles. The number of allylic oxidation sites excluding steroid dienone is 43. The number of alkyl halides is 1. The molecule has 0 spiro atoms. The molecule has 0 bridgehead atoms. The van der Waals surface area contributed by atoms with Crippen molar-refractivity contribution in [3.8, 4) is 0 Å². The average Bonchev–Trinajstić information content (AvgIpc) is 1.55. The molecule has 0 amide bonds. The van der Waals surface area contributed by atoms with Crippen LogP contribution in [0.4, 0.5) is 32.0 Å². The summed E-state index contributed by atoms with van der Waals surface area (Å²) in [4.78, 5) is 4.78. The van der Waals surface area contributed by atoms with Crippen molar-refractivity contribution < 1.29 is 40.6 Å². The van der Waals surface area contributed by atoms with Crippen LogP contribution in [0, 0.1) is 58.6 Å². The van der Waals surface area contributed by atoms with Crippen LogP contribution in [-0.4, -0.2) is 41.5 Å². The molecule has 1 heterocycles. The summed E-state index contributed by atoms with van der Waals surface area (Å²) in [6.45, 7) is 7.94. The lowest BCUT2D eigenvalue weighted by Gasteiger charge is -2.48. The monoisotopic (exact) mass is 1510 g/mol. The Labute approximate surface area is 661 Å². The Kier molecular flexibility index (Phi) is 19.8. The third-order valence-corrected chi connectivity index (χ3v) is 27.8. The summed E-state index contributed by atoms with van der Waals surface area (Å²) < 4.78 is 120. The Hall–Kier alpha value is -9.84. The lowest BCUT2D eigenvalue weighted by molar-refractivity contribution is 0.00880. The fourth-order valence-electron chi connectivity index (χ4n) is 22.7. The van der Waals surface area contributed by atoms with Crippen molar-refractivity contribution in [2.45, 2.75) is 170 Å². The summed E-state index contributed by atoms with van der Waals surface area (Å²) in [6.07, 6.45) is 79.9. The number of halogens is 6. The summed E-state index contributed by atoms with van der Waals surface area (Å²) >= 11 is 0. The van der Waals surface area contributed by atoms with Gasteiger partial charge in [-0.25, -0.2) is 26.3 Å². The number of hydrogen-bond donors (Lipinski definition) is 0. The van der Waals surface area contributed by atoms with Crippen molar-refractivity contribution in [3.05, 3.63) is 387 Å². The van der Waals surface area contributed by atoms with Crippen molar-refractivity contribution in [2.75, 3.05) is 4.90 Å². The molecule has 16 aliphatic carbocycles. The third-order valence-electron chi connectivity index (χ3n) is 27.8. The quantitative estimate of drug-likeness (QED) is 0.110. The molecular formula is C102H98F6N2O3. The van der Waals surface area contributed by atoms with E-state index in [1.54, 1.807) is 24.3 Å². The number of rotatable bonds is 18. The van der Waals surface area contributed by atoms with E-state index in [2.05, 4.69) is 187 Å². The maximum atomic E-state index is 17.3. The zero-order valence-electron chi connectivity index (χ0n) is 64.1. The molecule has 17 atom stereocenters. The zero-order valence-corrected chi connectivity index (χ0v) is 64.1. The fourth-order valence-corrected chi connectivity index (χ4v) is 22.7. The summed E-state index contributed by atoms with van der Waals surface area (Å²) in [6, 6.07) is 15.0. The second-order valence-corrected chi connectivity index (χ2v) is 33.7. The Balaban J connectivity index is 0.632. The molecule has 1 aliphatic heterocycles. The first kappa shape index (κ1) is 73.3. The third kappa shape index (κ3) is 13.1. The van der Waals surface area contributed by atoms with Crippen molar-refractivity contribution in [1.82, 2.24) is 4.90 Å². The molecule has 17 aliphatic rings. The first-order valence-electron chi connectivity index (χ1n) is 41.7. The topological polar surface area (TPSA) is 34.2 Å². The van der Waals surface area contributed by atoms with Gasteiger partial charge in [-0.05, 0) is 220 Å². The molecule has 113 heavy (non-hydrogen) atoms. The molecule has 576 valence electrons. The number of anilines is 1. The molecule has 0 radical (unpaired) electrons. The van der Waals surface area contributed by atoms with E-state index in [0.29, 0.717) is 57.8 Å². The first-order chi connectivity index (χ1) is 55.3. The second kappa shape index (κ2) is 30.5. The number of nitrogens with zero attached hydrogens (tertiary/aromatic N) is 2. The number of ether oxygens (including phenoxy) is 3. The van der Waals surface area contributed by atoms with Crippen LogP contribution < -0.4 is 4.90 Å². The number of fused-ring (bicyclic) bond motifs is 7. The van der Waals surface area contributed by atoms with Crippen molar-refractivity contribution >= 4 is 5.69 Å². The van der Waals surface area contributed by atoms with E-state index in [9.17, 15) is 0 Å². The predicted octanol–water partition coefficient (Wildman–Crippen LogP) is 25.5. The minimum atomic E-state index is -1.58. The van der Waals surface area contributed by atoms with Gasteiger partial charge >= 0.3 is 0 Å². The van der Waals surface area contributed by atoms with Crippen molar-refractivity contribution in [3.63, 3.8) is 0 Å². The normalized spacial score (nSPS) is 34.4. The standard InChI is InChI=1S/C102H98F6N2O3/c1-3-63-25-45-79(46-26-63)111-81-49-31-69(32-50-81)101(99-93(105)21-11-22-94(99)106)89-19-7-5-17-83(89)85-53-29-67(59-91(85)101)65-13-9-15-75(57-65)109(73-39-35-71(103)36-40-73)77-43-55-97-87(61-77)88-62-78(44-56-98(88)113-97)110(74-41-37-72(104)38-42-74)76-16-10-14-66(58-76)68-30-54-86-84-18-6-8-20-90(84)102(92(86)60-68,100-95(107)23-12-24-96(100)108)70-33-51-82(52-34-70)112-80-47-27-64(4-2)28-48-80/h3-11,14-15,17-23,25,27,29-33,35,37-39,41-42,47,49,51,53-54,57-59,61-62,65,68,70,76,79,81-82,84-85,87,90-91,93,97,99H,1-2,12-13,16,24,26,28,34,36,40,43-46,48,50,52,55-56,60H2. The van der Waals surface area contributed by atoms with Crippen LogP contribution in [0.1, 0.15) is 139 Å². The van der Waals surface area contributed by atoms with E-state index in [-0.39, 0.29) is 114 Å². The maximum absolute atomic E-state index is 17.3. The van der Waals surface area contributed by atoms with Crippen LogP contribution >= 0.6 is 0 Å². The lowest BCUT2D eigenvalue weighted by atomic mass is 9.55. The highest BCUT2D eigenvalue weighted by Gasteiger charge is 2.62. The van der Waals surface area contributed by atoms with Gasteiger partial charge in [-0.3, -0.25) is 0 Å². The van der Waals surface area contributed by atoms with E-state index in [1.807, 2.05) is 42.5 Å². The molecule has 0 aromatic heterocycles. The minimum Gasteiger partial charge on any atom is -0.493 e. The molecule has 0 N–H and O–H groups in total. The summed E-state index contributed by atoms with van der Waals surface area (Å²) in [7, 11) is 0. The molecule has 0 saturated carbocycles. The van der Waals surface area contributed by atoms with Crippen LogP contribution in [0.5, 0.6) is 0 Å². The van der Waals surface area contributed by atoms with Crippen LogP contribution in [-0.2, 0) is 19.6 Å². The largest absolute Gasteiger partial charge is 0.493 e. The highest BCUT2D eigenvalue weighted by atomic mass is 19.2. The van der Waals surface area contributed by atoms with E-state index < -0.39 is 34.6 Å². The summed E-state index contributed by atoms with van der Waals surface area (Å²) in [5.41, 5.74) is 14.3. The van der Waals surface area contributed by atoms with E-state index in [0.717, 1.165) is 136 Å². The molecular weight excluding hydrogens is 1420 g/mol. The van der Waals surface area contributed by atoms with Gasteiger partial charge in [-0.1, -0.05) is 194 Å². The Morgan fingerprint density at radius 2 is 1.42 bits per heavy atom. The molecule has 17 unspecified atom stereocenters. The van der Waals surface area contributed by atoms with Gasteiger partial charge in [0.1, 0.15) is 53.3 Å². The Bertz CT molecular complexity index is 5130. The van der Waals surface area contributed by atoms with Gasteiger partial charge in [-0.15, -0.1) is 0 Å². The number of hydrogen-bond acceptors (Lipinski definition) is 5. The smallest absolute Gasteiger partial charge is 0.129 e. The predicted molar refractivity (Wildman–Crippen MR) is 440 cm³/mol. The molecule has 19 rings (SSSR count). The molecule has 11 heteroatoms. The second-order valence-electron chi connectivity index (χ2n) is 33.7. The Morgan fingerprint density at radius 1 is 0.566 bits per heavy atom. The lowest BCUT2D eigenvalue weighted by Crippen LogP contribution is -2.47. The molecule has 5 nitrogen and oxygen atoms in total. The van der Waals surface area contributed by atoms with Gasteiger partial charge in [0.25, 0.3) is 0 Å².